The third-order valence-corrected chi connectivity index (χ3v) is 8.79. The summed E-state index contributed by atoms with van der Waals surface area (Å²) in [6, 6.07) is 20.4. The van der Waals surface area contributed by atoms with Gasteiger partial charge in [-0.05, 0) is 50.5 Å². The molecule has 4 aromatic rings. The van der Waals surface area contributed by atoms with E-state index in [1.807, 2.05) is 55.5 Å². The number of amides is 2. The highest BCUT2D eigenvalue weighted by molar-refractivity contribution is 6.26. The van der Waals surface area contributed by atoms with Crippen LogP contribution in [0.15, 0.2) is 71.7 Å². The van der Waals surface area contributed by atoms with Gasteiger partial charge in [-0.25, -0.2) is 9.88 Å². The van der Waals surface area contributed by atoms with Gasteiger partial charge in [-0.1, -0.05) is 36.4 Å². The number of anilines is 1. The Labute approximate surface area is 218 Å². The number of benzene rings is 3. The van der Waals surface area contributed by atoms with Crippen LogP contribution in [-0.4, -0.2) is 32.6 Å². The molecule has 3 aliphatic heterocycles. The minimum absolute atomic E-state index is 0.213. The molecule has 0 aliphatic carbocycles. The second-order valence-electron chi connectivity index (χ2n) is 10.7. The third-order valence-electron chi connectivity index (χ3n) is 8.79. The average Bonchev–Trinajstić information content (AvgIpc) is 3.51. The number of para-hydroxylation sites is 2. The molecule has 3 saturated heterocycles. The van der Waals surface area contributed by atoms with E-state index in [4.69, 9.17) is 4.74 Å². The summed E-state index contributed by atoms with van der Waals surface area (Å²) in [7, 11) is 0. The second-order valence-corrected chi connectivity index (χ2v) is 10.7. The molecule has 4 atom stereocenters. The zero-order chi connectivity index (χ0) is 26.2. The normalized spacial score (nSPS) is 27.8. The molecule has 38 heavy (non-hydrogen) atoms. The summed E-state index contributed by atoms with van der Waals surface area (Å²) in [5, 5.41) is 11.0. The van der Waals surface area contributed by atoms with E-state index >= 15 is 0 Å². The van der Waals surface area contributed by atoms with Crippen LogP contribution < -0.4 is 10.5 Å². The molecular weight excluding hydrogens is 480 g/mol. The number of nitrogens with zero attached hydrogens (tertiary/aromatic N) is 4. The lowest BCUT2D eigenvalue weighted by molar-refractivity contribution is -0.130. The number of carbonyl (C=O) groups excluding carboxylic acids is 2. The minimum Gasteiger partial charge on any atom is -0.367 e. The van der Waals surface area contributed by atoms with Crippen molar-refractivity contribution >= 4 is 39.3 Å². The number of fused-ring (bicyclic) bond motifs is 7. The van der Waals surface area contributed by atoms with E-state index in [2.05, 4.69) is 11.1 Å². The quantitative estimate of drug-likeness (QED) is 0.390. The first-order valence-corrected chi connectivity index (χ1v) is 12.8. The number of hydrogen-bond acceptors (Lipinski definition) is 6. The van der Waals surface area contributed by atoms with Crippen molar-refractivity contribution in [3.63, 3.8) is 0 Å². The van der Waals surface area contributed by atoms with Gasteiger partial charge in [-0.3, -0.25) is 14.4 Å². The van der Waals surface area contributed by atoms with E-state index in [1.54, 1.807) is 16.7 Å². The van der Waals surface area contributed by atoms with Gasteiger partial charge in [0.2, 0.25) is 11.8 Å². The van der Waals surface area contributed by atoms with Gasteiger partial charge in [0.25, 0.3) is 5.56 Å². The summed E-state index contributed by atoms with van der Waals surface area (Å²) >= 11 is 0. The molecule has 3 aliphatic rings. The first-order valence-electron chi connectivity index (χ1n) is 12.8. The van der Waals surface area contributed by atoms with Gasteiger partial charge in [0.05, 0.1) is 57.6 Å². The summed E-state index contributed by atoms with van der Waals surface area (Å²) in [5.41, 5.74) is 0.634. The molecule has 4 heterocycles. The van der Waals surface area contributed by atoms with Crippen LogP contribution in [0.5, 0.6) is 0 Å². The van der Waals surface area contributed by atoms with Gasteiger partial charge in [-0.15, -0.1) is 0 Å². The van der Waals surface area contributed by atoms with E-state index in [9.17, 15) is 19.6 Å². The van der Waals surface area contributed by atoms with Crippen molar-refractivity contribution in [3.8, 4) is 6.07 Å². The molecule has 0 saturated carbocycles. The maximum atomic E-state index is 14.1. The van der Waals surface area contributed by atoms with Crippen molar-refractivity contribution in [2.45, 2.75) is 43.9 Å². The summed E-state index contributed by atoms with van der Waals surface area (Å²) in [4.78, 5) is 46.4. The molecule has 1 aromatic heterocycles. The lowest BCUT2D eigenvalue weighted by atomic mass is 9.67. The van der Waals surface area contributed by atoms with Crippen LogP contribution in [0, 0.1) is 23.2 Å². The van der Waals surface area contributed by atoms with E-state index in [1.165, 1.54) is 11.1 Å². The summed E-state index contributed by atoms with van der Waals surface area (Å²) in [5.74, 6) is -1.76. The van der Waals surface area contributed by atoms with Crippen molar-refractivity contribution in [1.82, 2.24) is 9.55 Å². The topological polar surface area (TPSA) is 105 Å². The molecule has 2 amide bonds. The zero-order valence-electron chi connectivity index (χ0n) is 20.8. The Morgan fingerprint density at radius 3 is 2.53 bits per heavy atom. The highest BCUT2D eigenvalue weighted by Gasteiger charge is 2.73. The van der Waals surface area contributed by atoms with Crippen molar-refractivity contribution in [2.24, 2.45) is 11.8 Å². The van der Waals surface area contributed by atoms with Crippen molar-refractivity contribution in [3.05, 3.63) is 82.8 Å². The molecule has 0 N–H and O–H groups in total. The molecule has 3 fully saturated rings. The van der Waals surface area contributed by atoms with Crippen LogP contribution in [0.3, 0.4) is 0 Å². The highest BCUT2D eigenvalue weighted by atomic mass is 16.5. The number of aryl methyl sites for hydroxylation is 1. The van der Waals surface area contributed by atoms with Crippen molar-refractivity contribution in [1.29, 1.82) is 5.26 Å². The monoisotopic (exact) mass is 504 g/mol. The minimum atomic E-state index is -0.840. The number of hydrogen-bond donors (Lipinski definition) is 0. The molecule has 188 valence electrons. The summed E-state index contributed by atoms with van der Waals surface area (Å²) in [6.45, 7) is 2.28. The molecule has 3 aromatic carbocycles. The fraction of sp³-hybridized carbons (Fsp3) is 0.300. The molecule has 8 nitrogen and oxygen atoms in total. The number of imide groups is 1. The lowest BCUT2D eigenvalue weighted by Crippen LogP contribution is -2.43. The Morgan fingerprint density at radius 1 is 0.974 bits per heavy atom. The summed E-state index contributed by atoms with van der Waals surface area (Å²) in [6.07, 6.45) is 3.06. The third kappa shape index (κ3) is 2.93. The van der Waals surface area contributed by atoms with E-state index < -0.39 is 23.0 Å². The molecule has 8 heteroatoms. The maximum Gasteiger partial charge on any atom is 0.269 e. The van der Waals surface area contributed by atoms with Crippen LogP contribution in [0.2, 0.25) is 0 Å². The van der Waals surface area contributed by atoms with Crippen LogP contribution in [0.25, 0.3) is 21.8 Å². The first-order chi connectivity index (χ1) is 18.4. The summed E-state index contributed by atoms with van der Waals surface area (Å²) < 4.78 is 8.27. The zero-order valence-corrected chi connectivity index (χ0v) is 20.8. The average molecular weight is 505 g/mol. The Bertz CT molecular complexity index is 1790. The Morgan fingerprint density at radius 2 is 1.71 bits per heavy atom. The largest absolute Gasteiger partial charge is 0.367 e. The number of rotatable bonds is 4. The van der Waals surface area contributed by atoms with Crippen LogP contribution in [0.1, 0.15) is 31.7 Å². The fourth-order valence-corrected chi connectivity index (χ4v) is 7.07. The number of aromatic nitrogens is 2. The highest BCUT2D eigenvalue weighted by Crippen LogP contribution is 2.62. The number of carbonyl (C=O) groups is 2. The first kappa shape index (κ1) is 22.8. The predicted molar refractivity (Wildman–Crippen MR) is 140 cm³/mol. The van der Waals surface area contributed by atoms with Gasteiger partial charge in [0.15, 0.2) is 0 Å². The maximum absolute atomic E-state index is 14.1. The molecule has 7 rings (SSSR count). The number of ether oxygens (including phenoxy) is 1. The van der Waals surface area contributed by atoms with Crippen LogP contribution in [0.4, 0.5) is 5.69 Å². The van der Waals surface area contributed by atoms with Gasteiger partial charge in [-0.2, -0.15) is 5.26 Å². The predicted octanol–water partition coefficient (Wildman–Crippen LogP) is 3.94. The van der Waals surface area contributed by atoms with Crippen LogP contribution >= 0.6 is 0 Å². The van der Waals surface area contributed by atoms with Crippen molar-refractivity contribution < 1.29 is 14.3 Å². The molecule has 0 radical (unpaired) electrons. The Hall–Kier alpha value is -4.35. The van der Waals surface area contributed by atoms with Gasteiger partial charge in [0, 0.05) is 17.3 Å². The van der Waals surface area contributed by atoms with E-state index in [0.717, 1.165) is 11.0 Å². The fourth-order valence-electron chi connectivity index (χ4n) is 7.07. The number of nitriles is 1. The van der Waals surface area contributed by atoms with Gasteiger partial charge >= 0.3 is 0 Å². The molecule has 0 spiro atoms. The Kier molecular flexibility index (Phi) is 4.70. The van der Waals surface area contributed by atoms with Crippen molar-refractivity contribution in [2.75, 3.05) is 4.90 Å². The molecule has 2 bridgehead atoms. The van der Waals surface area contributed by atoms with Gasteiger partial charge in [0.1, 0.15) is 0 Å². The molecular formula is C30H24N4O4. The van der Waals surface area contributed by atoms with Crippen LogP contribution in [-0.2, 0) is 20.9 Å². The SMILES string of the molecule is C[C@]12CC[C@](CCn3c(=O)cnc4ccccc43)(O1)[C@@H]1C(=O)N(c3ccc(C#N)c4ccccc34)C(=O)[C@@H]12. The van der Waals surface area contributed by atoms with E-state index in [-0.39, 0.29) is 17.4 Å². The standard InChI is InChI=1S/C30H24N4O4/c1-29-12-13-30(38-29,14-15-33-23-9-5-4-8-21(23)32-17-24(33)35)26-25(29)27(36)34(28(26)37)22-11-10-18(16-31)19-6-2-3-7-20(19)22/h2-11,17,25-26H,12-15H2,1H3/t25-,26+,29-,30-/m1/s1. The lowest BCUT2D eigenvalue weighted by Gasteiger charge is -2.31. The second kappa shape index (κ2) is 7.83. The van der Waals surface area contributed by atoms with Gasteiger partial charge < -0.3 is 9.30 Å². The molecule has 0 unspecified atom stereocenters. The Balaban J connectivity index is 1.29. The van der Waals surface area contributed by atoms with E-state index in [0.29, 0.717) is 47.8 Å². The smallest absolute Gasteiger partial charge is 0.269 e.